The van der Waals surface area contributed by atoms with E-state index in [1.54, 1.807) is 39.3 Å². The standard InChI is InChI=1S/C15H14F3NO2.C2H6O.C2H6/c1-10-3-2-4-14(19-10)11-7-12(15(16,17)18)9-13(8-11)21-6-5-20;1-3-2;1-2/h2-4,7-9,20H,5-6H2,1H3;1-2H3;1-2H3. The van der Waals surface area contributed by atoms with E-state index in [1.165, 1.54) is 6.07 Å². The molecule has 7 heteroatoms. The Balaban J connectivity index is 0.00000113. The Morgan fingerprint density at radius 1 is 1.08 bits per heavy atom. The van der Waals surface area contributed by atoms with Gasteiger partial charge in [0.15, 0.2) is 0 Å². The molecule has 1 heterocycles. The highest BCUT2D eigenvalue weighted by Gasteiger charge is 2.31. The van der Waals surface area contributed by atoms with E-state index in [9.17, 15) is 13.2 Å². The molecule has 0 bridgehead atoms. The first-order valence-electron chi connectivity index (χ1n) is 8.12. The average Bonchev–Trinajstić information content (AvgIpc) is 2.61. The van der Waals surface area contributed by atoms with Crippen LogP contribution in [0.4, 0.5) is 13.2 Å². The second-order valence-electron chi connectivity index (χ2n) is 4.89. The third-order valence-electron chi connectivity index (χ3n) is 2.78. The molecule has 2 rings (SSSR count). The van der Waals surface area contributed by atoms with Gasteiger partial charge in [0.2, 0.25) is 0 Å². The van der Waals surface area contributed by atoms with Crippen LogP contribution in [-0.2, 0) is 10.9 Å². The van der Waals surface area contributed by atoms with Crippen LogP contribution in [0, 0.1) is 6.92 Å². The van der Waals surface area contributed by atoms with Crippen molar-refractivity contribution in [2.24, 2.45) is 0 Å². The predicted molar refractivity (Wildman–Crippen MR) is 96.3 cm³/mol. The number of ether oxygens (including phenoxy) is 2. The molecule has 0 aliphatic rings. The number of aromatic nitrogens is 1. The summed E-state index contributed by atoms with van der Waals surface area (Å²) in [7, 11) is 3.25. The largest absolute Gasteiger partial charge is 0.491 e. The van der Waals surface area contributed by atoms with Gasteiger partial charge in [-0.2, -0.15) is 13.2 Å². The molecule has 0 atom stereocenters. The number of aliphatic hydroxyl groups excluding tert-OH is 1. The zero-order chi connectivity index (χ0) is 20.2. The lowest BCUT2D eigenvalue weighted by atomic mass is 10.1. The molecule has 0 fully saturated rings. The first-order valence-corrected chi connectivity index (χ1v) is 8.12. The number of benzene rings is 1. The summed E-state index contributed by atoms with van der Waals surface area (Å²) in [6.07, 6.45) is -4.48. The number of pyridine rings is 1. The summed E-state index contributed by atoms with van der Waals surface area (Å²) in [5, 5.41) is 8.72. The molecule has 0 radical (unpaired) electrons. The number of methoxy groups -OCH3 is 1. The van der Waals surface area contributed by atoms with E-state index < -0.39 is 11.7 Å². The van der Waals surface area contributed by atoms with E-state index in [0.29, 0.717) is 17.0 Å². The van der Waals surface area contributed by atoms with E-state index in [0.717, 1.165) is 12.1 Å². The van der Waals surface area contributed by atoms with Crippen molar-refractivity contribution < 1.29 is 27.8 Å². The third-order valence-corrected chi connectivity index (χ3v) is 2.78. The van der Waals surface area contributed by atoms with E-state index in [4.69, 9.17) is 9.84 Å². The number of nitrogens with zero attached hydrogens (tertiary/aromatic N) is 1. The summed E-state index contributed by atoms with van der Waals surface area (Å²) >= 11 is 0. The van der Waals surface area contributed by atoms with Crippen molar-refractivity contribution in [3.63, 3.8) is 0 Å². The SMILES string of the molecule is CC.COC.Cc1cccc(-c2cc(OCCO)cc(C(F)(F)F)c2)n1. The maximum atomic E-state index is 12.9. The number of halogens is 3. The van der Waals surface area contributed by atoms with Crippen molar-refractivity contribution in [3.05, 3.63) is 47.7 Å². The topological polar surface area (TPSA) is 51.6 Å². The van der Waals surface area contributed by atoms with Gasteiger partial charge in [-0.15, -0.1) is 0 Å². The van der Waals surface area contributed by atoms with Gasteiger partial charge >= 0.3 is 6.18 Å². The molecule has 0 saturated heterocycles. The first kappa shape index (κ1) is 23.9. The van der Waals surface area contributed by atoms with Gasteiger partial charge in [0.05, 0.1) is 17.9 Å². The van der Waals surface area contributed by atoms with Gasteiger partial charge in [-0.25, -0.2) is 0 Å². The maximum Gasteiger partial charge on any atom is 0.416 e. The maximum absolute atomic E-state index is 12.9. The monoisotopic (exact) mass is 373 g/mol. The van der Waals surface area contributed by atoms with Gasteiger partial charge < -0.3 is 14.6 Å². The van der Waals surface area contributed by atoms with Crippen molar-refractivity contribution >= 4 is 0 Å². The minimum atomic E-state index is -4.48. The highest BCUT2D eigenvalue weighted by atomic mass is 19.4. The fourth-order valence-electron chi connectivity index (χ4n) is 1.86. The van der Waals surface area contributed by atoms with Crippen LogP contribution in [0.1, 0.15) is 25.1 Å². The van der Waals surface area contributed by atoms with Gasteiger partial charge in [-0.05, 0) is 37.3 Å². The summed E-state index contributed by atoms with van der Waals surface area (Å²) < 4.78 is 48.2. The van der Waals surface area contributed by atoms with Gasteiger partial charge in [0.25, 0.3) is 0 Å². The van der Waals surface area contributed by atoms with Crippen molar-refractivity contribution in [1.29, 1.82) is 0 Å². The molecule has 2 aromatic rings. The second kappa shape index (κ2) is 12.3. The molecule has 0 saturated carbocycles. The summed E-state index contributed by atoms with van der Waals surface area (Å²) in [5.74, 6) is 0.0529. The molecule has 1 N–H and O–H groups in total. The van der Waals surface area contributed by atoms with E-state index >= 15 is 0 Å². The summed E-state index contributed by atoms with van der Waals surface area (Å²) in [6, 6.07) is 8.56. The van der Waals surface area contributed by atoms with E-state index in [1.807, 2.05) is 13.8 Å². The average molecular weight is 373 g/mol. The zero-order valence-electron chi connectivity index (χ0n) is 15.7. The lowest BCUT2D eigenvalue weighted by Crippen LogP contribution is -2.07. The van der Waals surface area contributed by atoms with Crippen LogP contribution in [0.5, 0.6) is 5.75 Å². The number of hydrogen-bond acceptors (Lipinski definition) is 4. The minimum absolute atomic E-state index is 0.0529. The van der Waals surface area contributed by atoms with Crippen molar-refractivity contribution in [3.8, 4) is 17.0 Å². The van der Waals surface area contributed by atoms with Crippen molar-refractivity contribution in [2.75, 3.05) is 27.4 Å². The number of aliphatic hydroxyl groups is 1. The summed E-state index contributed by atoms with van der Waals surface area (Å²) in [4.78, 5) is 4.22. The van der Waals surface area contributed by atoms with E-state index in [2.05, 4.69) is 9.72 Å². The summed E-state index contributed by atoms with van der Waals surface area (Å²) in [6.45, 7) is 5.43. The number of rotatable bonds is 4. The van der Waals surface area contributed by atoms with Crippen LogP contribution in [-0.4, -0.2) is 37.5 Å². The summed E-state index contributed by atoms with van der Waals surface area (Å²) in [5.41, 5.74) is 0.662. The number of aryl methyl sites for hydroxylation is 1. The van der Waals surface area contributed by atoms with Crippen LogP contribution >= 0.6 is 0 Å². The second-order valence-corrected chi connectivity index (χ2v) is 4.89. The Morgan fingerprint density at radius 3 is 2.19 bits per heavy atom. The number of hydrogen-bond donors (Lipinski definition) is 1. The van der Waals surface area contributed by atoms with Crippen LogP contribution in [0.3, 0.4) is 0 Å². The molecule has 1 aromatic carbocycles. The highest BCUT2D eigenvalue weighted by molar-refractivity contribution is 5.63. The third kappa shape index (κ3) is 8.31. The van der Waals surface area contributed by atoms with Gasteiger partial charge in [-0.1, -0.05) is 19.9 Å². The fourth-order valence-corrected chi connectivity index (χ4v) is 1.86. The Hall–Kier alpha value is -2.12. The molecule has 0 spiro atoms. The Bertz CT molecular complexity index is 646. The van der Waals surface area contributed by atoms with Crippen molar-refractivity contribution in [1.82, 2.24) is 4.98 Å². The zero-order valence-corrected chi connectivity index (χ0v) is 15.7. The van der Waals surface area contributed by atoms with Gasteiger partial charge in [0, 0.05) is 25.5 Å². The van der Waals surface area contributed by atoms with Crippen molar-refractivity contribution in [2.45, 2.75) is 26.9 Å². The molecule has 0 unspecified atom stereocenters. The lowest BCUT2D eigenvalue weighted by molar-refractivity contribution is -0.137. The molecular weight excluding hydrogens is 347 g/mol. The quantitative estimate of drug-likeness (QED) is 0.841. The Kier molecular flexibility index (Phi) is 11.3. The molecule has 4 nitrogen and oxygen atoms in total. The molecule has 0 amide bonds. The normalized spacial score (nSPS) is 10.2. The smallest absolute Gasteiger partial charge is 0.416 e. The lowest BCUT2D eigenvalue weighted by Gasteiger charge is -2.13. The Morgan fingerprint density at radius 2 is 1.69 bits per heavy atom. The van der Waals surface area contributed by atoms with Crippen LogP contribution in [0.25, 0.3) is 11.3 Å². The fraction of sp³-hybridized carbons (Fsp3) is 0.421. The van der Waals surface area contributed by atoms with Crippen LogP contribution < -0.4 is 4.74 Å². The van der Waals surface area contributed by atoms with Crippen LogP contribution in [0.2, 0.25) is 0 Å². The van der Waals surface area contributed by atoms with Gasteiger partial charge in [0.1, 0.15) is 12.4 Å². The molecule has 1 aromatic heterocycles. The van der Waals surface area contributed by atoms with Gasteiger partial charge in [-0.3, -0.25) is 4.98 Å². The number of alkyl halides is 3. The van der Waals surface area contributed by atoms with E-state index in [-0.39, 0.29) is 19.0 Å². The predicted octanol–water partition coefficient (Wildman–Crippen LogP) is 4.74. The Labute approximate surface area is 152 Å². The first-order chi connectivity index (χ1) is 12.3. The molecule has 0 aliphatic carbocycles. The minimum Gasteiger partial charge on any atom is -0.491 e. The van der Waals surface area contributed by atoms with Crippen LogP contribution in [0.15, 0.2) is 36.4 Å². The molecule has 0 aliphatic heterocycles. The molecule has 146 valence electrons. The highest BCUT2D eigenvalue weighted by Crippen LogP contribution is 2.35. The molecular formula is C19H26F3NO3. The molecule has 26 heavy (non-hydrogen) atoms.